The Bertz CT molecular complexity index is 1020. The van der Waals surface area contributed by atoms with E-state index in [-0.39, 0.29) is 18.6 Å². The number of imidazole rings is 1. The first-order chi connectivity index (χ1) is 14.6. The van der Waals surface area contributed by atoms with Gasteiger partial charge in [0.05, 0.1) is 18.0 Å². The van der Waals surface area contributed by atoms with Gasteiger partial charge in [-0.1, -0.05) is 19.3 Å². The van der Waals surface area contributed by atoms with Crippen molar-refractivity contribution in [2.75, 3.05) is 18.9 Å². The van der Waals surface area contributed by atoms with Crippen molar-refractivity contribution < 1.29 is 14.3 Å². The number of nitrogen functional groups attached to an aromatic ring is 1. The number of aromatic nitrogens is 2. The molecular weight excluding hydrogens is 380 g/mol. The number of carbonyl (C=O) groups is 1. The third-order valence-corrected chi connectivity index (χ3v) is 5.38. The van der Waals surface area contributed by atoms with Gasteiger partial charge in [-0.05, 0) is 50.1 Å². The summed E-state index contributed by atoms with van der Waals surface area (Å²) >= 11 is 0. The van der Waals surface area contributed by atoms with E-state index in [2.05, 4.69) is 5.32 Å². The third kappa shape index (κ3) is 4.50. The van der Waals surface area contributed by atoms with Gasteiger partial charge in [-0.15, -0.1) is 0 Å². The summed E-state index contributed by atoms with van der Waals surface area (Å²) < 4.78 is 13.2. The molecular formula is C23H28N4O3. The first-order valence-electron chi connectivity index (χ1n) is 10.6. The Morgan fingerprint density at radius 2 is 2.03 bits per heavy atom. The molecule has 2 aromatic heterocycles. The highest BCUT2D eigenvalue weighted by Crippen LogP contribution is 2.30. The lowest BCUT2D eigenvalue weighted by molar-refractivity contribution is -0.124. The molecule has 1 fully saturated rings. The van der Waals surface area contributed by atoms with E-state index in [1.807, 2.05) is 54.0 Å². The predicted molar refractivity (Wildman–Crippen MR) is 117 cm³/mol. The van der Waals surface area contributed by atoms with Crippen molar-refractivity contribution in [1.29, 1.82) is 0 Å². The van der Waals surface area contributed by atoms with Crippen LogP contribution >= 0.6 is 0 Å². The molecule has 30 heavy (non-hydrogen) atoms. The third-order valence-electron chi connectivity index (χ3n) is 5.38. The van der Waals surface area contributed by atoms with Crippen LogP contribution in [-0.2, 0) is 4.79 Å². The van der Waals surface area contributed by atoms with Crippen molar-refractivity contribution >= 4 is 17.2 Å². The lowest BCUT2D eigenvalue weighted by atomic mass is 9.95. The Labute approximate surface area is 176 Å². The SMILES string of the molecule is CCOc1ccc(-c2cn3cccc(OCC(=O)NC4CCCCC4)c3n2)cc1N. The van der Waals surface area contributed by atoms with E-state index in [1.165, 1.54) is 19.3 Å². The molecule has 0 atom stereocenters. The van der Waals surface area contributed by atoms with Crippen molar-refractivity contribution in [1.82, 2.24) is 14.7 Å². The van der Waals surface area contributed by atoms with Crippen LogP contribution in [-0.4, -0.2) is 34.5 Å². The fourth-order valence-electron chi connectivity index (χ4n) is 3.89. The normalized spacial score (nSPS) is 14.6. The molecule has 7 heteroatoms. The van der Waals surface area contributed by atoms with Crippen LogP contribution in [0.5, 0.6) is 11.5 Å². The minimum Gasteiger partial charge on any atom is -0.492 e. The van der Waals surface area contributed by atoms with Gasteiger partial charge >= 0.3 is 0 Å². The van der Waals surface area contributed by atoms with Crippen molar-refractivity contribution in [3.05, 3.63) is 42.7 Å². The Morgan fingerprint density at radius 1 is 1.20 bits per heavy atom. The van der Waals surface area contributed by atoms with Gasteiger partial charge in [0.1, 0.15) is 5.75 Å². The summed E-state index contributed by atoms with van der Waals surface area (Å²) in [4.78, 5) is 17.0. The summed E-state index contributed by atoms with van der Waals surface area (Å²) in [7, 11) is 0. The fourth-order valence-corrected chi connectivity index (χ4v) is 3.89. The van der Waals surface area contributed by atoms with E-state index in [0.717, 1.165) is 24.1 Å². The summed E-state index contributed by atoms with van der Waals surface area (Å²) in [6.07, 6.45) is 9.54. The molecule has 1 aromatic carbocycles. The number of benzene rings is 1. The van der Waals surface area contributed by atoms with E-state index in [4.69, 9.17) is 20.2 Å². The summed E-state index contributed by atoms with van der Waals surface area (Å²) in [5, 5.41) is 3.07. The molecule has 0 spiro atoms. The quantitative estimate of drug-likeness (QED) is 0.580. The fraction of sp³-hybridized carbons (Fsp3) is 0.391. The van der Waals surface area contributed by atoms with Crippen LogP contribution in [0.1, 0.15) is 39.0 Å². The zero-order valence-corrected chi connectivity index (χ0v) is 17.3. The Balaban J connectivity index is 1.48. The second-order valence-electron chi connectivity index (χ2n) is 7.61. The van der Waals surface area contributed by atoms with Crippen LogP contribution in [0.15, 0.2) is 42.7 Å². The highest BCUT2D eigenvalue weighted by Gasteiger charge is 2.17. The molecule has 0 unspecified atom stereocenters. The molecule has 0 bridgehead atoms. The molecule has 3 aromatic rings. The Hall–Kier alpha value is -3.22. The molecule has 0 saturated heterocycles. The monoisotopic (exact) mass is 408 g/mol. The number of anilines is 1. The average molecular weight is 409 g/mol. The number of amides is 1. The van der Waals surface area contributed by atoms with Crippen molar-refractivity contribution in [3.63, 3.8) is 0 Å². The van der Waals surface area contributed by atoms with E-state index >= 15 is 0 Å². The van der Waals surface area contributed by atoms with Crippen LogP contribution < -0.4 is 20.5 Å². The topological polar surface area (TPSA) is 90.9 Å². The van der Waals surface area contributed by atoms with Gasteiger partial charge < -0.3 is 24.9 Å². The zero-order valence-electron chi connectivity index (χ0n) is 17.3. The molecule has 158 valence electrons. The Kier molecular flexibility index (Phi) is 6.07. The molecule has 1 saturated carbocycles. The van der Waals surface area contributed by atoms with Gasteiger partial charge in [-0.2, -0.15) is 0 Å². The molecule has 0 radical (unpaired) electrons. The molecule has 0 aliphatic heterocycles. The average Bonchev–Trinajstić information content (AvgIpc) is 3.19. The first kappa shape index (κ1) is 20.1. The van der Waals surface area contributed by atoms with Gasteiger partial charge in [0.25, 0.3) is 5.91 Å². The second-order valence-corrected chi connectivity index (χ2v) is 7.61. The summed E-state index contributed by atoms with van der Waals surface area (Å²) in [6, 6.07) is 9.61. The number of hydrogen-bond donors (Lipinski definition) is 2. The number of hydrogen-bond acceptors (Lipinski definition) is 5. The highest BCUT2D eigenvalue weighted by atomic mass is 16.5. The largest absolute Gasteiger partial charge is 0.492 e. The van der Waals surface area contributed by atoms with Crippen LogP contribution in [0.2, 0.25) is 0 Å². The van der Waals surface area contributed by atoms with Gasteiger partial charge in [0.15, 0.2) is 18.0 Å². The highest BCUT2D eigenvalue weighted by molar-refractivity contribution is 5.78. The number of fused-ring (bicyclic) bond motifs is 1. The molecule has 1 aliphatic rings. The number of ether oxygens (including phenoxy) is 2. The summed E-state index contributed by atoms with van der Waals surface area (Å²) in [5.41, 5.74) is 8.99. The smallest absolute Gasteiger partial charge is 0.258 e. The number of nitrogens with zero attached hydrogens (tertiary/aromatic N) is 2. The molecule has 7 nitrogen and oxygen atoms in total. The van der Waals surface area contributed by atoms with Gasteiger partial charge in [-0.25, -0.2) is 4.98 Å². The number of carbonyl (C=O) groups excluding carboxylic acids is 1. The maximum Gasteiger partial charge on any atom is 0.258 e. The van der Waals surface area contributed by atoms with Crippen LogP contribution in [0.25, 0.3) is 16.9 Å². The van der Waals surface area contributed by atoms with Crippen LogP contribution in [0, 0.1) is 0 Å². The molecule has 2 heterocycles. The lowest BCUT2D eigenvalue weighted by Crippen LogP contribution is -2.39. The van der Waals surface area contributed by atoms with Crippen molar-refractivity contribution in [2.45, 2.75) is 45.1 Å². The maximum atomic E-state index is 12.3. The maximum absolute atomic E-state index is 12.3. The predicted octanol–water partition coefficient (Wildman–Crippen LogP) is 3.81. The zero-order chi connectivity index (χ0) is 20.9. The standard InChI is InChI=1S/C23H28N4O3/c1-2-29-20-11-10-16(13-18(20)24)19-14-27-12-6-9-21(23(27)26-19)30-15-22(28)25-17-7-4-3-5-8-17/h6,9-14,17H,2-5,7-8,15,24H2,1H3,(H,25,28). The van der Waals surface area contributed by atoms with Gasteiger partial charge in [-0.3, -0.25) is 4.79 Å². The minimum absolute atomic E-state index is 0.0195. The van der Waals surface area contributed by atoms with E-state index in [9.17, 15) is 4.79 Å². The van der Waals surface area contributed by atoms with Crippen molar-refractivity contribution in [3.8, 4) is 22.8 Å². The Morgan fingerprint density at radius 3 is 2.80 bits per heavy atom. The minimum atomic E-state index is -0.0880. The van der Waals surface area contributed by atoms with E-state index < -0.39 is 0 Å². The number of rotatable bonds is 7. The van der Waals surface area contributed by atoms with Crippen LogP contribution in [0.4, 0.5) is 5.69 Å². The van der Waals surface area contributed by atoms with Crippen LogP contribution in [0.3, 0.4) is 0 Å². The van der Waals surface area contributed by atoms with E-state index in [1.54, 1.807) is 0 Å². The number of nitrogens with two attached hydrogens (primary N) is 1. The lowest BCUT2D eigenvalue weighted by Gasteiger charge is -2.22. The molecule has 4 rings (SSSR count). The van der Waals surface area contributed by atoms with Crippen molar-refractivity contribution in [2.24, 2.45) is 0 Å². The number of pyridine rings is 1. The molecule has 1 amide bonds. The number of nitrogens with one attached hydrogen (secondary N) is 1. The molecule has 3 N–H and O–H groups in total. The second kappa shape index (κ2) is 9.07. The van der Waals surface area contributed by atoms with Gasteiger partial charge in [0, 0.05) is 24.0 Å². The van der Waals surface area contributed by atoms with E-state index in [0.29, 0.717) is 29.4 Å². The molecule has 1 aliphatic carbocycles. The summed E-state index contributed by atoms with van der Waals surface area (Å²) in [6.45, 7) is 2.47. The van der Waals surface area contributed by atoms with Gasteiger partial charge in [0.2, 0.25) is 0 Å². The summed E-state index contributed by atoms with van der Waals surface area (Å²) in [5.74, 6) is 1.15. The first-order valence-corrected chi connectivity index (χ1v) is 10.6.